The van der Waals surface area contributed by atoms with E-state index in [4.69, 9.17) is 4.74 Å². The van der Waals surface area contributed by atoms with Gasteiger partial charge >= 0.3 is 0 Å². The van der Waals surface area contributed by atoms with Gasteiger partial charge in [0.1, 0.15) is 6.10 Å². The Morgan fingerprint density at radius 1 is 1.55 bits per heavy atom. The minimum atomic E-state index is 0.347. The van der Waals surface area contributed by atoms with Crippen LogP contribution in [0.1, 0.15) is 23.8 Å². The van der Waals surface area contributed by atoms with E-state index in [1.807, 2.05) is 12.3 Å². The second kappa shape index (κ2) is 1.83. The molecule has 0 bridgehead atoms. The van der Waals surface area contributed by atoms with E-state index in [9.17, 15) is 0 Å². The summed E-state index contributed by atoms with van der Waals surface area (Å²) in [5.41, 5.74) is 2.56. The summed E-state index contributed by atoms with van der Waals surface area (Å²) in [5, 5.41) is 0. The molecule has 0 radical (unpaired) electrons. The van der Waals surface area contributed by atoms with Gasteiger partial charge in [-0.2, -0.15) is 0 Å². The molecule has 0 unspecified atom stereocenters. The van der Waals surface area contributed by atoms with Crippen molar-refractivity contribution in [1.29, 1.82) is 0 Å². The van der Waals surface area contributed by atoms with Crippen molar-refractivity contribution in [3.8, 4) is 0 Å². The van der Waals surface area contributed by atoms with E-state index in [0.717, 1.165) is 6.42 Å². The Balaban J connectivity index is 2.14. The molecule has 0 spiro atoms. The third-order valence-corrected chi connectivity index (χ3v) is 2.48. The highest BCUT2D eigenvalue weighted by molar-refractivity contribution is 5.29. The van der Waals surface area contributed by atoms with Crippen LogP contribution < -0.4 is 0 Å². The van der Waals surface area contributed by atoms with Gasteiger partial charge in [0.25, 0.3) is 0 Å². The molecule has 1 aromatic heterocycles. The average molecular weight is 147 g/mol. The number of aryl methyl sites for hydroxylation is 1. The van der Waals surface area contributed by atoms with Crippen LogP contribution in [0.2, 0.25) is 0 Å². The fourth-order valence-corrected chi connectivity index (χ4v) is 1.82. The van der Waals surface area contributed by atoms with Gasteiger partial charge in [0.05, 0.1) is 11.8 Å². The van der Waals surface area contributed by atoms with Crippen LogP contribution in [0.4, 0.5) is 0 Å². The van der Waals surface area contributed by atoms with Crippen LogP contribution in [0, 0.1) is 0 Å². The first kappa shape index (κ1) is 5.72. The first-order valence-corrected chi connectivity index (χ1v) is 4.04. The quantitative estimate of drug-likeness (QED) is 0.519. The summed E-state index contributed by atoms with van der Waals surface area (Å²) in [6, 6.07) is 4.15. The van der Waals surface area contributed by atoms with Gasteiger partial charge in [-0.25, -0.2) is 0 Å². The number of aromatic nitrogens is 1. The van der Waals surface area contributed by atoms with Crippen molar-refractivity contribution in [2.24, 2.45) is 0 Å². The van der Waals surface area contributed by atoms with Gasteiger partial charge in [-0.15, -0.1) is 0 Å². The van der Waals surface area contributed by atoms with Crippen LogP contribution in [0.25, 0.3) is 0 Å². The fourth-order valence-electron chi connectivity index (χ4n) is 1.82. The Morgan fingerprint density at radius 2 is 2.55 bits per heavy atom. The van der Waals surface area contributed by atoms with Crippen molar-refractivity contribution < 1.29 is 4.74 Å². The van der Waals surface area contributed by atoms with E-state index in [2.05, 4.69) is 11.1 Å². The van der Waals surface area contributed by atoms with Crippen LogP contribution in [-0.2, 0) is 11.2 Å². The fraction of sp³-hybridized carbons (Fsp3) is 0.444. The second-order valence-corrected chi connectivity index (χ2v) is 3.18. The highest BCUT2D eigenvalue weighted by atomic mass is 16.6. The lowest BCUT2D eigenvalue weighted by molar-refractivity contribution is 0.371. The normalized spacial score (nSPS) is 32.4. The highest BCUT2D eigenvalue weighted by Crippen LogP contribution is 2.45. The maximum atomic E-state index is 5.44. The van der Waals surface area contributed by atoms with E-state index in [1.165, 1.54) is 17.7 Å². The third-order valence-electron chi connectivity index (χ3n) is 2.48. The predicted molar refractivity (Wildman–Crippen MR) is 40.2 cm³/mol. The SMILES string of the molecule is c1cnc2c(c1)CC[C@H]1O[C@@H]21. The lowest BCUT2D eigenvalue weighted by Crippen LogP contribution is -2.05. The molecular formula is C9H9NO. The number of hydrogen-bond donors (Lipinski definition) is 0. The summed E-state index contributed by atoms with van der Waals surface area (Å²) >= 11 is 0. The summed E-state index contributed by atoms with van der Waals surface area (Å²) in [6.07, 6.45) is 5.02. The van der Waals surface area contributed by atoms with Crippen LogP contribution >= 0.6 is 0 Å². The molecule has 1 saturated heterocycles. The zero-order valence-electron chi connectivity index (χ0n) is 6.16. The van der Waals surface area contributed by atoms with Gasteiger partial charge in [-0.3, -0.25) is 4.98 Å². The van der Waals surface area contributed by atoms with Crippen molar-refractivity contribution in [2.45, 2.75) is 25.0 Å². The van der Waals surface area contributed by atoms with Crippen molar-refractivity contribution >= 4 is 0 Å². The van der Waals surface area contributed by atoms with Gasteiger partial charge < -0.3 is 4.74 Å². The molecule has 0 amide bonds. The van der Waals surface area contributed by atoms with Crippen molar-refractivity contribution in [3.63, 3.8) is 0 Å². The van der Waals surface area contributed by atoms with Gasteiger partial charge in [0.2, 0.25) is 0 Å². The zero-order valence-corrected chi connectivity index (χ0v) is 6.16. The van der Waals surface area contributed by atoms with Crippen LogP contribution in [0.3, 0.4) is 0 Å². The van der Waals surface area contributed by atoms with E-state index in [0.29, 0.717) is 12.2 Å². The lowest BCUT2D eigenvalue weighted by Gasteiger charge is -2.08. The molecule has 0 aromatic carbocycles. The maximum Gasteiger partial charge on any atom is 0.126 e. The third kappa shape index (κ3) is 0.730. The van der Waals surface area contributed by atoms with Crippen molar-refractivity contribution in [3.05, 3.63) is 29.6 Å². The van der Waals surface area contributed by atoms with Crippen molar-refractivity contribution in [1.82, 2.24) is 4.98 Å². The Morgan fingerprint density at radius 3 is 3.55 bits per heavy atom. The van der Waals surface area contributed by atoms with Crippen LogP contribution in [0.15, 0.2) is 18.3 Å². The number of epoxide rings is 1. The van der Waals surface area contributed by atoms with Crippen molar-refractivity contribution in [2.75, 3.05) is 0 Å². The monoisotopic (exact) mass is 147 g/mol. The second-order valence-electron chi connectivity index (χ2n) is 3.18. The topological polar surface area (TPSA) is 25.4 Å². The lowest BCUT2D eigenvalue weighted by atomic mass is 9.96. The molecule has 2 nitrogen and oxygen atoms in total. The van der Waals surface area contributed by atoms with Gasteiger partial charge in [0.15, 0.2) is 0 Å². The first-order chi connectivity index (χ1) is 5.45. The van der Waals surface area contributed by atoms with Gasteiger partial charge in [0, 0.05) is 6.20 Å². The Labute approximate surface area is 65.2 Å². The molecule has 1 aromatic rings. The summed E-state index contributed by atoms with van der Waals surface area (Å²) in [6.45, 7) is 0. The van der Waals surface area contributed by atoms with E-state index < -0.39 is 0 Å². The predicted octanol–water partition coefficient (Wildman–Crippen LogP) is 1.47. The number of nitrogens with zero attached hydrogens (tertiary/aromatic N) is 1. The molecule has 2 atom stereocenters. The molecule has 1 fully saturated rings. The average Bonchev–Trinajstić information content (AvgIpc) is 2.83. The minimum Gasteiger partial charge on any atom is -0.363 e. The van der Waals surface area contributed by atoms with E-state index in [1.54, 1.807) is 0 Å². The minimum absolute atomic E-state index is 0.347. The highest BCUT2D eigenvalue weighted by Gasteiger charge is 2.44. The molecule has 2 aliphatic rings. The smallest absolute Gasteiger partial charge is 0.126 e. The Bertz CT molecular complexity index is 297. The van der Waals surface area contributed by atoms with Crippen LogP contribution in [0.5, 0.6) is 0 Å². The molecule has 11 heavy (non-hydrogen) atoms. The summed E-state index contributed by atoms with van der Waals surface area (Å²) < 4.78 is 5.44. The molecule has 1 aliphatic heterocycles. The molecule has 1 aliphatic carbocycles. The number of rotatable bonds is 0. The largest absolute Gasteiger partial charge is 0.363 e. The molecule has 3 rings (SSSR count). The van der Waals surface area contributed by atoms with E-state index in [-0.39, 0.29) is 0 Å². The molecular weight excluding hydrogens is 138 g/mol. The molecule has 2 heterocycles. The van der Waals surface area contributed by atoms with E-state index >= 15 is 0 Å². The molecule has 2 heteroatoms. The summed E-state index contributed by atoms with van der Waals surface area (Å²) in [4.78, 5) is 4.32. The van der Waals surface area contributed by atoms with Gasteiger partial charge in [-0.1, -0.05) is 6.07 Å². The van der Waals surface area contributed by atoms with Crippen LogP contribution in [-0.4, -0.2) is 11.1 Å². The molecule has 0 N–H and O–H groups in total. The maximum absolute atomic E-state index is 5.44. The molecule has 56 valence electrons. The number of hydrogen-bond acceptors (Lipinski definition) is 2. The molecule has 0 saturated carbocycles. The number of fused-ring (bicyclic) bond motifs is 3. The Hall–Kier alpha value is -0.890. The van der Waals surface area contributed by atoms with Gasteiger partial charge in [-0.05, 0) is 24.5 Å². The number of ether oxygens (including phenoxy) is 1. The standard InChI is InChI=1S/C9H9NO/c1-2-6-3-4-7-9(11-7)8(6)10-5-1/h1-2,5,7,9H,3-4H2/t7-,9-/m1/s1. The zero-order chi connectivity index (χ0) is 7.26. The summed E-state index contributed by atoms with van der Waals surface area (Å²) in [7, 11) is 0. The number of pyridine rings is 1. The Kier molecular flexibility index (Phi) is 0.950. The first-order valence-electron chi connectivity index (χ1n) is 4.04. The summed E-state index contributed by atoms with van der Waals surface area (Å²) in [5.74, 6) is 0.